The van der Waals surface area contributed by atoms with Gasteiger partial charge < -0.3 is 4.90 Å². The Bertz CT molecular complexity index is 1330. The fourth-order valence-corrected chi connectivity index (χ4v) is 4.38. The molecular formula is C22H18N6OS. The molecule has 148 valence electrons. The summed E-state index contributed by atoms with van der Waals surface area (Å²) in [5.74, 6) is -0.0773. The Morgan fingerprint density at radius 1 is 1.13 bits per heavy atom. The van der Waals surface area contributed by atoms with Gasteiger partial charge >= 0.3 is 0 Å². The molecule has 0 unspecified atom stereocenters. The van der Waals surface area contributed by atoms with E-state index in [1.165, 1.54) is 0 Å². The van der Waals surface area contributed by atoms with Crippen molar-refractivity contribution in [3.05, 3.63) is 87.9 Å². The molecule has 8 heteroatoms. The minimum absolute atomic E-state index is 0.0773. The van der Waals surface area contributed by atoms with Crippen molar-refractivity contribution in [3.63, 3.8) is 0 Å². The summed E-state index contributed by atoms with van der Waals surface area (Å²) in [5, 5.41) is 15.4. The maximum atomic E-state index is 13.3. The van der Waals surface area contributed by atoms with Crippen LogP contribution in [-0.4, -0.2) is 35.8 Å². The zero-order valence-corrected chi connectivity index (χ0v) is 17.1. The Hall–Kier alpha value is -3.65. The number of pyridine rings is 2. The number of carbonyl (C=O) groups excluding carboxylic acids is 1. The fraction of sp³-hybridized carbons (Fsp3) is 0.136. The summed E-state index contributed by atoms with van der Waals surface area (Å²) in [4.78, 5) is 20.3. The summed E-state index contributed by atoms with van der Waals surface area (Å²) < 4.78 is 1.76. The van der Waals surface area contributed by atoms with Gasteiger partial charge in [-0.2, -0.15) is 4.52 Å². The lowest BCUT2D eigenvalue weighted by Gasteiger charge is -2.23. The van der Waals surface area contributed by atoms with E-state index in [4.69, 9.17) is 0 Å². The maximum Gasteiger partial charge on any atom is 0.256 e. The first kappa shape index (κ1) is 18.4. The predicted molar refractivity (Wildman–Crippen MR) is 115 cm³/mol. The lowest BCUT2D eigenvalue weighted by molar-refractivity contribution is 0.0732. The van der Waals surface area contributed by atoms with Gasteiger partial charge in [0.2, 0.25) is 0 Å². The number of aromatic nitrogens is 5. The lowest BCUT2D eigenvalue weighted by Crippen LogP contribution is -2.30. The van der Waals surface area contributed by atoms with Crippen LogP contribution >= 0.6 is 11.3 Å². The van der Waals surface area contributed by atoms with Gasteiger partial charge in [0.05, 0.1) is 24.2 Å². The second kappa shape index (κ2) is 7.64. The number of thiophene rings is 1. The number of fused-ring (bicyclic) bond motifs is 3. The molecule has 4 heterocycles. The Kier molecular flexibility index (Phi) is 4.68. The second-order valence-electron chi connectivity index (χ2n) is 7.08. The first-order valence-corrected chi connectivity index (χ1v) is 10.4. The van der Waals surface area contributed by atoms with Gasteiger partial charge in [0.15, 0.2) is 5.65 Å². The highest BCUT2D eigenvalue weighted by molar-refractivity contribution is 7.09. The monoisotopic (exact) mass is 414 g/mol. The molecule has 1 aromatic carbocycles. The highest BCUT2D eigenvalue weighted by atomic mass is 32.1. The third-order valence-corrected chi connectivity index (χ3v) is 5.91. The van der Waals surface area contributed by atoms with Crippen molar-refractivity contribution < 1.29 is 4.79 Å². The van der Waals surface area contributed by atoms with Gasteiger partial charge in [-0.05, 0) is 52.6 Å². The molecule has 0 N–H and O–H groups in total. The zero-order valence-electron chi connectivity index (χ0n) is 16.3. The molecule has 0 atom stereocenters. The molecule has 0 aliphatic rings. The number of amides is 1. The molecule has 0 bridgehead atoms. The number of hydrogen-bond donors (Lipinski definition) is 0. The number of rotatable bonds is 5. The SMILES string of the molecule is Cc1cccc2cc(CN(Cc3cccs3)C(=O)c3cccnc3)c3nnnn3c12. The molecule has 5 rings (SSSR count). The van der Waals surface area contributed by atoms with Gasteiger partial charge in [-0.3, -0.25) is 9.78 Å². The van der Waals surface area contributed by atoms with E-state index in [1.54, 1.807) is 40.4 Å². The topological polar surface area (TPSA) is 76.3 Å². The van der Waals surface area contributed by atoms with Crippen molar-refractivity contribution in [1.29, 1.82) is 0 Å². The van der Waals surface area contributed by atoms with Crippen LogP contribution in [0.25, 0.3) is 16.6 Å². The molecule has 0 aliphatic carbocycles. The van der Waals surface area contributed by atoms with E-state index >= 15 is 0 Å². The number of nitrogens with zero attached hydrogens (tertiary/aromatic N) is 6. The average molecular weight is 414 g/mol. The maximum absolute atomic E-state index is 13.3. The minimum Gasteiger partial charge on any atom is -0.329 e. The van der Waals surface area contributed by atoms with E-state index in [1.807, 2.05) is 47.5 Å². The smallest absolute Gasteiger partial charge is 0.256 e. The molecule has 0 spiro atoms. The standard InChI is InChI=1S/C22H18N6OS/c1-15-5-2-6-16-11-18(21-24-25-26-28(21)20(15)16)13-27(14-19-8-4-10-30-19)22(29)17-7-3-9-23-12-17/h2-12H,13-14H2,1H3. The lowest BCUT2D eigenvalue weighted by atomic mass is 10.1. The van der Waals surface area contributed by atoms with Crippen molar-refractivity contribution in [2.45, 2.75) is 20.0 Å². The van der Waals surface area contributed by atoms with Crippen LogP contribution < -0.4 is 0 Å². The van der Waals surface area contributed by atoms with Crippen LogP contribution in [0.5, 0.6) is 0 Å². The van der Waals surface area contributed by atoms with Crippen LogP contribution in [0, 0.1) is 6.92 Å². The Morgan fingerprint density at radius 2 is 2.07 bits per heavy atom. The normalized spacial score (nSPS) is 11.2. The molecule has 0 saturated heterocycles. The van der Waals surface area contributed by atoms with E-state index in [-0.39, 0.29) is 5.91 Å². The van der Waals surface area contributed by atoms with Crippen LogP contribution in [0.2, 0.25) is 0 Å². The van der Waals surface area contributed by atoms with E-state index in [0.717, 1.165) is 26.9 Å². The Labute approximate surface area is 176 Å². The van der Waals surface area contributed by atoms with Crippen LogP contribution in [-0.2, 0) is 13.1 Å². The van der Waals surface area contributed by atoms with Crippen molar-refractivity contribution >= 4 is 33.8 Å². The quantitative estimate of drug-likeness (QED) is 0.436. The Balaban J connectivity index is 1.59. The highest BCUT2D eigenvalue weighted by Gasteiger charge is 2.20. The molecule has 0 aliphatic heterocycles. The first-order chi connectivity index (χ1) is 14.7. The molecule has 7 nitrogen and oxygen atoms in total. The van der Waals surface area contributed by atoms with Crippen molar-refractivity contribution in [2.24, 2.45) is 0 Å². The van der Waals surface area contributed by atoms with E-state index in [9.17, 15) is 4.79 Å². The number of aryl methyl sites for hydroxylation is 1. The minimum atomic E-state index is -0.0773. The second-order valence-corrected chi connectivity index (χ2v) is 8.11. The average Bonchev–Trinajstić information content (AvgIpc) is 3.45. The van der Waals surface area contributed by atoms with E-state index < -0.39 is 0 Å². The zero-order chi connectivity index (χ0) is 20.5. The van der Waals surface area contributed by atoms with Crippen LogP contribution in [0.4, 0.5) is 0 Å². The third kappa shape index (κ3) is 3.31. The highest BCUT2D eigenvalue weighted by Crippen LogP contribution is 2.24. The third-order valence-electron chi connectivity index (χ3n) is 5.05. The molecule has 30 heavy (non-hydrogen) atoms. The molecule has 0 fully saturated rings. The van der Waals surface area contributed by atoms with Gasteiger partial charge in [-0.1, -0.05) is 24.3 Å². The number of benzene rings is 1. The summed E-state index contributed by atoms with van der Waals surface area (Å²) in [6.07, 6.45) is 3.26. The molecule has 1 amide bonds. The van der Waals surface area contributed by atoms with Crippen molar-refractivity contribution in [1.82, 2.24) is 29.9 Å². The number of para-hydroxylation sites is 1. The fourth-order valence-electron chi connectivity index (χ4n) is 3.66. The molecule has 0 saturated carbocycles. The van der Waals surface area contributed by atoms with E-state index in [2.05, 4.69) is 26.6 Å². The molecule has 5 aromatic rings. The van der Waals surface area contributed by atoms with Gasteiger partial charge in [-0.25, -0.2) is 0 Å². The summed E-state index contributed by atoms with van der Waals surface area (Å²) in [6, 6.07) is 15.8. The summed E-state index contributed by atoms with van der Waals surface area (Å²) in [6.45, 7) is 2.93. The molecule has 0 radical (unpaired) electrons. The summed E-state index contributed by atoms with van der Waals surface area (Å²) >= 11 is 1.63. The van der Waals surface area contributed by atoms with Gasteiger partial charge in [0, 0.05) is 28.2 Å². The van der Waals surface area contributed by atoms with Crippen molar-refractivity contribution in [2.75, 3.05) is 0 Å². The summed E-state index contributed by atoms with van der Waals surface area (Å²) in [7, 11) is 0. The predicted octanol–water partition coefficient (Wildman–Crippen LogP) is 3.89. The number of hydrogen-bond acceptors (Lipinski definition) is 6. The number of carbonyl (C=O) groups is 1. The van der Waals surface area contributed by atoms with Gasteiger partial charge in [0.25, 0.3) is 5.91 Å². The largest absolute Gasteiger partial charge is 0.329 e. The van der Waals surface area contributed by atoms with Gasteiger partial charge in [0.1, 0.15) is 0 Å². The number of tetrazole rings is 1. The Morgan fingerprint density at radius 3 is 2.87 bits per heavy atom. The molecule has 4 aromatic heterocycles. The van der Waals surface area contributed by atoms with Crippen LogP contribution in [0.15, 0.2) is 66.3 Å². The first-order valence-electron chi connectivity index (χ1n) is 9.52. The van der Waals surface area contributed by atoms with Crippen molar-refractivity contribution in [3.8, 4) is 0 Å². The van der Waals surface area contributed by atoms with Gasteiger partial charge in [-0.15, -0.1) is 16.4 Å². The van der Waals surface area contributed by atoms with Crippen LogP contribution in [0.1, 0.15) is 26.4 Å². The van der Waals surface area contributed by atoms with Crippen LogP contribution in [0.3, 0.4) is 0 Å². The molecular weight excluding hydrogens is 396 g/mol. The summed E-state index contributed by atoms with van der Waals surface area (Å²) in [5.41, 5.74) is 4.18. The van der Waals surface area contributed by atoms with E-state index in [0.29, 0.717) is 24.3 Å².